The summed E-state index contributed by atoms with van der Waals surface area (Å²) in [5, 5.41) is -1.96. The second kappa shape index (κ2) is 24.7. The van der Waals surface area contributed by atoms with Crippen molar-refractivity contribution in [3.63, 3.8) is 0 Å². The molecule has 15 aliphatic rings. The van der Waals surface area contributed by atoms with Crippen LogP contribution in [-0.2, 0) is 119 Å². The Labute approximate surface area is 587 Å². The zero-order valence-electron chi connectivity index (χ0n) is 61.0. The van der Waals surface area contributed by atoms with E-state index in [4.69, 9.17) is 44.6 Å². The van der Waals surface area contributed by atoms with Crippen LogP contribution in [0.1, 0.15) is 228 Å². The Morgan fingerprint density at radius 2 is 0.869 bits per heavy atom. The molecule has 10 saturated carbocycles. The van der Waals surface area contributed by atoms with Gasteiger partial charge in [0.05, 0.1) is 53.3 Å². The Hall–Kier alpha value is -3.10. The number of esters is 5. The summed E-state index contributed by atoms with van der Waals surface area (Å²) in [4.78, 5) is 61.3. The van der Waals surface area contributed by atoms with Crippen LogP contribution in [0.4, 0.5) is 0 Å². The SMILES string of the molecule is CCC(C)(C)C(=O)OC1(C)C2CC3C1OS(=O)(=O)C3C2.CCC(C)(C)C(=O)OC1C2CC3C(C)(C2)C1OS3(=O)=O.CCC(C)(C)C(=O)OC1C2CC3C(C2)S(=O)(=O)OC31C.CCC(C)(C)C(=O)OC1C2CC3C1OS(=O)(=O)C3C2.CCC(C)(C)C(=O)OC1C2OS(=O)(=O)C3CC1(C)CC23. The van der Waals surface area contributed by atoms with Crippen LogP contribution in [0.15, 0.2) is 0 Å². The number of carbonyl (C=O) groups is 5. The lowest BCUT2D eigenvalue weighted by atomic mass is 9.82. The first-order valence-corrected chi connectivity index (χ1v) is 43.3. The van der Waals surface area contributed by atoms with Gasteiger partial charge in [-0.1, -0.05) is 48.5 Å². The molecule has 10 aliphatic carbocycles. The standard InChI is InChI=1S/4C14H22O5S.C13H20O5S/c1-5-13(2,3)12(15)18-11-10-8-6-14(11,4)7-9(8)20(16,17)19-10;1-5-13(2,3)12(15)18-10-8-6-9-14(4,7-8)11(10)19-20(9,16)17;1-5-13(2,3)12(15)18-14(4)8-6-9-10(7-8)20(16,17)19-11(9)14;1-5-13(2,3)12(15)18-11-8-6-9-10(7-8)20(16,17)19-14(9,11)4;1-4-13(2,3)12(14)17-10-7-5-8-9(6-7)19(15,16)18-11(8)10/h4*8-11H,5-7H2,1-4H3;7-11H,4-6H2,1-3H3. The Kier molecular flexibility index (Phi) is 19.2. The highest BCUT2D eigenvalue weighted by molar-refractivity contribution is 7.88. The van der Waals surface area contributed by atoms with Gasteiger partial charge in [-0.05, 0) is 179 Å². The van der Waals surface area contributed by atoms with E-state index in [9.17, 15) is 66.1 Å². The van der Waals surface area contributed by atoms with Crippen LogP contribution >= 0.6 is 0 Å². The largest absolute Gasteiger partial charge is 0.459 e. The quantitative estimate of drug-likeness (QED) is 0.0838. The van der Waals surface area contributed by atoms with E-state index in [2.05, 4.69) is 0 Å². The Morgan fingerprint density at radius 1 is 0.404 bits per heavy atom. The van der Waals surface area contributed by atoms with E-state index in [1.54, 1.807) is 6.92 Å². The summed E-state index contributed by atoms with van der Waals surface area (Å²) < 4.78 is 174. The van der Waals surface area contributed by atoms with E-state index >= 15 is 0 Å². The molecular formula is C69H108O25S5. The molecule has 25 nitrogen and oxygen atoms in total. The summed E-state index contributed by atoms with van der Waals surface area (Å²) in [6.45, 7) is 35.8. The van der Waals surface area contributed by atoms with Crippen molar-refractivity contribution in [2.24, 2.45) is 85.2 Å². The molecule has 0 N–H and O–H groups in total. The van der Waals surface area contributed by atoms with Crippen molar-refractivity contribution < 1.29 is 111 Å². The van der Waals surface area contributed by atoms with E-state index in [-0.39, 0.29) is 105 Å². The van der Waals surface area contributed by atoms with Gasteiger partial charge >= 0.3 is 29.8 Å². The Morgan fingerprint density at radius 3 is 1.42 bits per heavy atom. The minimum Gasteiger partial charge on any atom is -0.459 e. The summed E-state index contributed by atoms with van der Waals surface area (Å²) in [5.41, 5.74) is -5.02. The van der Waals surface area contributed by atoms with Crippen molar-refractivity contribution in [2.75, 3.05) is 0 Å². The van der Waals surface area contributed by atoms with Crippen LogP contribution in [0.25, 0.3) is 0 Å². The molecular weight excluding hydrogens is 1390 g/mol. The van der Waals surface area contributed by atoms with Crippen molar-refractivity contribution in [3.8, 4) is 0 Å². The lowest BCUT2D eigenvalue weighted by Crippen LogP contribution is -2.50. The maximum atomic E-state index is 12.3. The molecule has 99 heavy (non-hydrogen) atoms. The molecule has 30 heteroatoms. The molecule has 25 unspecified atom stereocenters. The average molecular weight is 1500 g/mol. The highest BCUT2D eigenvalue weighted by Gasteiger charge is 2.76. The molecule has 0 spiro atoms. The molecule has 0 aromatic heterocycles. The van der Waals surface area contributed by atoms with Crippen molar-refractivity contribution in [2.45, 2.75) is 314 Å². The molecule has 0 aromatic carbocycles. The van der Waals surface area contributed by atoms with Gasteiger partial charge in [-0.3, -0.25) is 44.9 Å². The van der Waals surface area contributed by atoms with E-state index in [1.165, 1.54) is 0 Å². The lowest BCUT2D eigenvalue weighted by Gasteiger charge is -2.38. The average Bonchev–Trinajstić information content (AvgIpc) is 1.55. The highest BCUT2D eigenvalue weighted by atomic mass is 32.2. The van der Waals surface area contributed by atoms with Crippen LogP contribution < -0.4 is 0 Å². The first-order valence-electron chi connectivity index (χ1n) is 35.9. The van der Waals surface area contributed by atoms with Gasteiger partial charge in [0.2, 0.25) is 0 Å². The molecule has 5 saturated heterocycles. The number of fused-ring (bicyclic) bond motifs is 5. The van der Waals surface area contributed by atoms with E-state index in [0.29, 0.717) is 64.2 Å². The zero-order valence-corrected chi connectivity index (χ0v) is 65.1. The van der Waals surface area contributed by atoms with Crippen molar-refractivity contribution in [3.05, 3.63) is 0 Å². The van der Waals surface area contributed by atoms with Crippen LogP contribution in [0.2, 0.25) is 0 Å². The molecule has 10 bridgehead atoms. The molecule has 5 aliphatic heterocycles. The fraction of sp³-hybridized carbons (Fsp3) is 0.928. The third-order valence-corrected chi connectivity index (χ3v) is 36.6. The molecule has 0 radical (unpaired) electrons. The third kappa shape index (κ3) is 12.5. The number of carbonyl (C=O) groups excluding carboxylic acids is 5. The molecule has 564 valence electrons. The van der Waals surface area contributed by atoms with Crippen molar-refractivity contribution >= 4 is 80.4 Å². The summed E-state index contributed by atoms with van der Waals surface area (Å²) >= 11 is 0. The van der Waals surface area contributed by atoms with Crippen LogP contribution in [-0.4, -0.2) is 158 Å². The summed E-state index contributed by atoms with van der Waals surface area (Å²) in [6, 6.07) is 0. The molecule has 25 atom stereocenters. The minimum atomic E-state index is -3.49. The second-order valence-corrected chi connectivity index (χ2v) is 44.5. The number of ether oxygens (including phenoxy) is 5. The fourth-order valence-electron chi connectivity index (χ4n) is 19.0. The van der Waals surface area contributed by atoms with Gasteiger partial charge in [-0.25, -0.2) is 0 Å². The summed E-state index contributed by atoms with van der Waals surface area (Å²) in [7, 11) is -17.4. The van der Waals surface area contributed by atoms with E-state index in [1.807, 2.05) is 125 Å². The third-order valence-electron chi connectivity index (χ3n) is 27.5. The summed E-state index contributed by atoms with van der Waals surface area (Å²) in [6.07, 6.45) is 6.59. The van der Waals surface area contributed by atoms with Gasteiger partial charge in [0.1, 0.15) is 60.0 Å². The van der Waals surface area contributed by atoms with Gasteiger partial charge in [0, 0.05) is 58.2 Å². The topological polar surface area (TPSA) is 348 Å². The second-order valence-electron chi connectivity index (χ2n) is 35.7. The van der Waals surface area contributed by atoms with Gasteiger partial charge in [-0.15, -0.1) is 0 Å². The molecule has 15 fully saturated rings. The first kappa shape index (κ1) is 77.0. The molecule has 0 amide bonds. The first-order chi connectivity index (χ1) is 45.2. The highest BCUT2D eigenvalue weighted by Crippen LogP contribution is 2.66. The number of hydrogen-bond donors (Lipinski definition) is 0. The predicted octanol–water partition coefficient (Wildman–Crippen LogP) is 8.92. The van der Waals surface area contributed by atoms with Crippen LogP contribution in [0.3, 0.4) is 0 Å². The van der Waals surface area contributed by atoms with Gasteiger partial charge in [-0.2, -0.15) is 42.1 Å². The monoisotopic (exact) mass is 1500 g/mol. The van der Waals surface area contributed by atoms with Crippen molar-refractivity contribution in [1.29, 1.82) is 0 Å². The number of hydrogen-bond acceptors (Lipinski definition) is 25. The van der Waals surface area contributed by atoms with E-state index < -0.39 is 147 Å². The minimum absolute atomic E-state index is 0.00691. The predicted molar refractivity (Wildman–Crippen MR) is 357 cm³/mol. The normalized spacial score (nSPS) is 44.4. The zero-order chi connectivity index (χ0) is 73.7. The van der Waals surface area contributed by atoms with Crippen LogP contribution in [0.5, 0.6) is 0 Å². The maximum absolute atomic E-state index is 12.3. The molecule has 5 heterocycles. The Bertz CT molecular complexity index is 3810. The van der Waals surface area contributed by atoms with Crippen LogP contribution in [0, 0.1) is 85.2 Å². The van der Waals surface area contributed by atoms with Gasteiger partial charge < -0.3 is 23.7 Å². The van der Waals surface area contributed by atoms with Crippen molar-refractivity contribution in [1.82, 2.24) is 0 Å². The summed E-state index contributed by atoms with van der Waals surface area (Å²) in [5.74, 6) is -0.843. The molecule has 0 aromatic rings. The maximum Gasteiger partial charge on any atom is 0.312 e. The number of rotatable bonds is 15. The smallest absolute Gasteiger partial charge is 0.312 e. The Balaban J connectivity index is 0.000000125. The lowest BCUT2D eigenvalue weighted by molar-refractivity contribution is -0.183. The fourth-order valence-corrected chi connectivity index (χ4v) is 29.0. The van der Waals surface area contributed by atoms with E-state index in [0.717, 1.165) is 32.1 Å². The van der Waals surface area contributed by atoms with Gasteiger partial charge in [0.15, 0.2) is 0 Å². The molecule has 15 rings (SSSR count). The van der Waals surface area contributed by atoms with Gasteiger partial charge in [0.25, 0.3) is 50.6 Å².